The van der Waals surface area contributed by atoms with E-state index in [9.17, 15) is 0 Å². The standard InChI is InChI=1S/C23H21ClN4O2/c1-15-29-22(30-15)23(2,13-16-7-10-25-11-8-16)20-9-12-26-21-19(14-27-28(20)21)17-3-5-18(24)6-4-17/h3-12,14-15,22H,13H2,1-2H3. The lowest BCUT2D eigenvalue weighted by Crippen LogP contribution is -2.53. The van der Waals surface area contributed by atoms with Crippen molar-refractivity contribution in [3.05, 3.63) is 83.5 Å². The fourth-order valence-electron chi connectivity index (χ4n) is 4.03. The van der Waals surface area contributed by atoms with Crippen LogP contribution in [0.5, 0.6) is 0 Å². The van der Waals surface area contributed by atoms with Crippen LogP contribution < -0.4 is 0 Å². The molecule has 4 aromatic rings. The number of hydrogen-bond acceptors (Lipinski definition) is 5. The minimum Gasteiger partial charge on any atom is -0.323 e. The molecule has 1 unspecified atom stereocenters. The third-order valence-electron chi connectivity index (χ3n) is 5.61. The first-order valence-corrected chi connectivity index (χ1v) is 10.2. The maximum Gasteiger partial charge on any atom is 0.174 e. The summed E-state index contributed by atoms with van der Waals surface area (Å²) in [7, 11) is 0. The van der Waals surface area contributed by atoms with E-state index in [1.165, 1.54) is 0 Å². The zero-order valence-electron chi connectivity index (χ0n) is 16.7. The van der Waals surface area contributed by atoms with Gasteiger partial charge in [-0.25, -0.2) is 9.50 Å². The van der Waals surface area contributed by atoms with Crippen molar-refractivity contribution in [2.24, 2.45) is 0 Å². The van der Waals surface area contributed by atoms with Gasteiger partial charge in [-0.3, -0.25) is 4.98 Å². The number of nitrogens with zero attached hydrogens (tertiary/aromatic N) is 4. The molecule has 1 aliphatic rings. The SMILES string of the molecule is CC1OC(C(C)(Cc2ccncc2)c2ccnc3c(-c4ccc(Cl)cc4)cnn23)O1. The van der Waals surface area contributed by atoms with Crippen molar-refractivity contribution < 1.29 is 9.47 Å². The van der Waals surface area contributed by atoms with Crippen LogP contribution in [-0.2, 0) is 21.3 Å². The number of fused-ring (bicyclic) bond motifs is 1. The highest BCUT2D eigenvalue weighted by molar-refractivity contribution is 6.30. The minimum atomic E-state index is -0.474. The van der Waals surface area contributed by atoms with Crippen molar-refractivity contribution in [1.82, 2.24) is 19.6 Å². The van der Waals surface area contributed by atoms with Crippen LogP contribution in [0.4, 0.5) is 0 Å². The van der Waals surface area contributed by atoms with Crippen LogP contribution in [0.25, 0.3) is 16.8 Å². The maximum absolute atomic E-state index is 6.05. The first-order chi connectivity index (χ1) is 14.5. The average molecular weight is 421 g/mol. The number of hydrogen-bond donors (Lipinski definition) is 0. The first-order valence-electron chi connectivity index (χ1n) is 9.83. The Labute approximate surface area is 179 Å². The van der Waals surface area contributed by atoms with Crippen molar-refractivity contribution in [3.63, 3.8) is 0 Å². The molecule has 1 fully saturated rings. The van der Waals surface area contributed by atoms with Crippen LogP contribution >= 0.6 is 11.6 Å². The number of benzene rings is 1. The zero-order chi connectivity index (χ0) is 20.7. The van der Waals surface area contributed by atoms with E-state index in [2.05, 4.69) is 22.0 Å². The molecule has 0 amide bonds. The van der Waals surface area contributed by atoms with E-state index in [1.807, 2.05) is 66.3 Å². The Morgan fingerprint density at radius 2 is 1.77 bits per heavy atom. The summed E-state index contributed by atoms with van der Waals surface area (Å²) < 4.78 is 13.8. The van der Waals surface area contributed by atoms with Gasteiger partial charge in [0.1, 0.15) is 0 Å². The molecule has 1 aromatic carbocycles. The van der Waals surface area contributed by atoms with Crippen molar-refractivity contribution in [2.75, 3.05) is 0 Å². The molecule has 0 saturated carbocycles. The Balaban J connectivity index is 1.62. The van der Waals surface area contributed by atoms with E-state index in [0.29, 0.717) is 11.4 Å². The lowest BCUT2D eigenvalue weighted by molar-refractivity contribution is -0.396. The van der Waals surface area contributed by atoms with Crippen LogP contribution in [0.1, 0.15) is 25.1 Å². The van der Waals surface area contributed by atoms with Crippen molar-refractivity contribution >= 4 is 17.2 Å². The van der Waals surface area contributed by atoms with Gasteiger partial charge in [-0.05, 0) is 61.7 Å². The van der Waals surface area contributed by atoms with Crippen LogP contribution in [0.2, 0.25) is 5.02 Å². The Kier molecular flexibility index (Phi) is 4.77. The van der Waals surface area contributed by atoms with Crippen LogP contribution in [0.3, 0.4) is 0 Å². The van der Waals surface area contributed by atoms with E-state index in [4.69, 9.17) is 21.1 Å². The molecule has 0 spiro atoms. The quantitative estimate of drug-likeness (QED) is 0.469. The Morgan fingerprint density at radius 1 is 1.03 bits per heavy atom. The van der Waals surface area contributed by atoms with E-state index in [-0.39, 0.29) is 12.6 Å². The maximum atomic E-state index is 6.05. The molecule has 0 radical (unpaired) electrons. The van der Waals surface area contributed by atoms with Gasteiger partial charge in [0.2, 0.25) is 0 Å². The molecule has 0 aliphatic carbocycles. The number of aromatic nitrogens is 4. The molecule has 0 N–H and O–H groups in total. The van der Waals surface area contributed by atoms with Crippen molar-refractivity contribution in [1.29, 1.82) is 0 Å². The number of halogens is 1. The lowest BCUT2D eigenvalue weighted by atomic mass is 9.79. The van der Waals surface area contributed by atoms with E-state index < -0.39 is 5.41 Å². The second-order valence-corrected chi connectivity index (χ2v) is 8.19. The molecule has 5 rings (SSSR count). The van der Waals surface area contributed by atoms with E-state index >= 15 is 0 Å². The second-order valence-electron chi connectivity index (χ2n) is 7.75. The zero-order valence-corrected chi connectivity index (χ0v) is 17.5. The fourth-order valence-corrected chi connectivity index (χ4v) is 4.16. The normalized spacial score (nSPS) is 20.6. The predicted octanol–water partition coefficient (Wildman–Crippen LogP) is 4.66. The molecule has 1 atom stereocenters. The van der Waals surface area contributed by atoms with Gasteiger partial charge in [0.15, 0.2) is 18.2 Å². The molecule has 7 heteroatoms. The summed E-state index contributed by atoms with van der Waals surface area (Å²) in [6.07, 6.45) is 7.37. The third kappa shape index (κ3) is 3.27. The van der Waals surface area contributed by atoms with Crippen LogP contribution in [-0.4, -0.2) is 32.2 Å². The summed E-state index contributed by atoms with van der Waals surface area (Å²) in [5, 5.41) is 5.38. The van der Waals surface area contributed by atoms with Gasteiger partial charge in [-0.2, -0.15) is 5.10 Å². The third-order valence-corrected chi connectivity index (χ3v) is 5.86. The Bertz CT molecular complexity index is 1170. The van der Waals surface area contributed by atoms with Gasteiger partial charge in [0, 0.05) is 29.2 Å². The summed E-state index contributed by atoms with van der Waals surface area (Å²) in [5.41, 5.74) is 4.39. The van der Waals surface area contributed by atoms with Crippen LogP contribution in [0.15, 0.2) is 67.3 Å². The monoisotopic (exact) mass is 420 g/mol. The van der Waals surface area contributed by atoms with Gasteiger partial charge < -0.3 is 9.47 Å². The largest absolute Gasteiger partial charge is 0.323 e. The van der Waals surface area contributed by atoms with Crippen LogP contribution in [0, 0.1) is 0 Å². The van der Waals surface area contributed by atoms with Gasteiger partial charge in [0.25, 0.3) is 0 Å². The molecule has 1 saturated heterocycles. The average Bonchev–Trinajstić information content (AvgIpc) is 3.17. The van der Waals surface area contributed by atoms with Gasteiger partial charge in [-0.1, -0.05) is 23.7 Å². The predicted molar refractivity (Wildman–Crippen MR) is 114 cm³/mol. The molecule has 6 nitrogen and oxygen atoms in total. The second kappa shape index (κ2) is 7.47. The lowest BCUT2D eigenvalue weighted by Gasteiger charge is -2.45. The van der Waals surface area contributed by atoms with Gasteiger partial charge in [0.05, 0.1) is 17.3 Å². The Hall–Kier alpha value is -2.80. The molecule has 4 heterocycles. The summed E-state index contributed by atoms with van der Waals surface area (Å²) in [4.78, 5) is 8.75. The molecular formula is C23H21ClN4O2. The summed E-state index contributed by atoms with van der Waals surface area (Å²) in [6.45, 7) is 4.04. The number of pyridine rings is 1. The number of ether oxygens (including phenoxy) is 2. The summed E-state index contributed by atoms with van der Waals surface area (Å²) >= 11 is 6.05. The van der Waals surface area contributed by atoms with Crippen molar-refractivity contribution in [2.45, 2.75) is 38.3 Å². The summed E-state index contributed by atoms with van der Waals surface area (Å²) in [5.74, 6) is 0. The molecular weight excluding hydrogens is 400 g/mol. The Morgan fingerprint density at radius 3 is 2.47 bits per heavy atom. The van der Waals surface area contributed by atoms with Crippen molar-refractivity contribution in [3.8, 4) is 11.1 Å². The minimum absolute atomic E-state index is 0.216. The highest BCUT2D eigenvalue weighted by Gasteiger charge is 2.47. The van der Waals surface area contributed by atoms with Gasteiger partial charge >= 0.3 is 0 Å². The van der Waals surface area contributed by atoms with Gasteiger partial charge in [-0.15, -0.1) is 0 Å². The topological polar surface area (TPSA) is 61.5 Å². The van der Waals surface area contributed by atoms with E-state index in [1.54, 1.807) is 12.4 Å². The molecule has 30 heavy (non-hydrogen) atoms. The molecule has 152 valence electrons. The first kappa shape index (κ1) is 19.2. The fraction of sp³-hybridized carbons (Fsp3) is 0.261. The smallest absolute Gasteiger partial charge is 0.174 e. The summed E-state index contributed by atoms with van der Waals surface area (Å²) in [6, 6.07) is 13.7. The molecule has 0 bridgehead atoms. The number of rotatable bonds is 5. The highest BCUT2D eigenvalue weighted by atomic mass is 35.5. The molecule has 3 aromatic heterocycles. The highest BCUT2D eigenvalue weighted by Crippen LogP contribution is 2.40. The van der Waals surface area contributed by atoms with E-state index in [0.717, 1.165) is 28.0 Å². The molecule has 1 aliphatic heterocycles.